The largest absolute Gasteiger partial charge is 0.489 e. The number of aliphatic carboxylic acids is 1. The number of hydrogen-bond acceptors (Lipinski definition) is 3. The number of para-hydroxylation sites is 1. The summed E-state index contributed by atoms with van der Waals surface area (Å²) < 4.78 is 5.39. The fourth-order valence-electron chi connectivity index (χ4n) is 1.58. The summed E-state index contributed by atoms with van der Waals surface area (Å²) in [5, 5.41) is 8.78. The second-order valence-corrected chi connectivity index (χ2v) is 3.81. The van der Waals surface area contributed by atoms with Gasteiger partial charge in [-0.2, -0.15) is 0 Å². The van der Waals surface area contributed by atoms with Crippen LogP contribution in [0.4, 0.5) is 0 Å². The van der Waals surface area contributed by atoms with Gasteiger partial charge >= 0.3 is 5.97 Å². The number of carbonyl (C=O) groups is 2. The molecule has 5 nitrogen and oxygen atoms in total. The van der Waals surface area contributed by atoms with Gasteiger partial charge in [-0.25, -0.2) is 0 Å². The zero-order valence-corrected chi connectivity index (χ0v) is 10.8. The van der Waals surface area contributed by atoms with Crippen LogP contribution in [0.25, 0.3) is 0 Å². The number of ether oxygens (including phenoxy) is 1. The molecule has 0 aliphatic carbocycles. The molecule has 5 heteroatoms. The van der Waals surface area contributed by atoms with Crippen LogP contribution >= 0.6 is 0 Å². The Morgan fingerprint density at radius 3 is 2.68 bits per heavy atom. The summed E-state index contributed by atoms with van der Waals surface area (Å²) in [5.41, 5.74) is 0.354. The van der Waals surface area contributed by atoms with Gasteiger partial charge < -0.3 is 14.7 Å². The van der Waals surface area contributed by atoms with E-state index < -0.39 is 5.97 Å². The molecule has 1 aromatic carbocycles. The minimum absolute atomic E-state index is 0.287. The van der Waals surface area contributed by atoms with Crippen LogP contribution in [0, 0.1) is 0 Å². The highest BCUT2D eigenvalue weighted by Gasteiger charge is 2.20. The van der Waals surface area contributed by atoms with Crippen molar-refractivity contribution in [2.24, 2.45) is 0 Å². The Hall–Kier alpha value is -2.30. The number of likely N-dealkylation sites (N-methyl/N-ethyl adjacent to an activating group) is 1. The van der Waals surface area contributed by atoms with E-state index in [0.717, 1.165) is 0 Å². The van der Waals surface area contributed by atoms with E-state index in [1.807, 2.05) is 0 Å². The van der Waals surface area contributed by atoms with Crippen LogP contribution in [-0.2, 0) is 4.79 Å². The van der Waals surface area contributed by atoms with E-state index in [9.17, 15) is 9.59 Å². The molecule has 0 radical (unpaired) electrons. The molecule has 19 heavy (non-hydrogen) atoms. The third kappa shape index (κ3) is 4.13. The van der Waals surface area contributed by atoms with Crippen molar-refractivity contribution in [2.75, 3.05) is 19.7 Å². The molecule has 0 aliphatic rings. The molecule has 102 valence electrons. The van der Waals surface area contributed by atoms with Gasteiger partial charge in [0.05, 0.1) is 5.56 Å². The third-order valence-electron chi connectivity index (χ3n) is 2.47. The number of hydrogen-bond donors (Lipinski definition) is 1. The molecule has 1 N–H and O–H groups in total. The van der Waals surface area contributed by atoms with Crippen molar-refractivity contribution >= 4 is 11.9 Å². The Balaban J connectivity index is 2.96. The lowest BCUT2D eigenvalue weighted by molar-refractivity contribution is -0.137. The summed E-state index contributed by atoms with van der Waals surface area (Å²) in [5.74, 6) is -0.972. The zero-order valence-electron chi connectivity index (χ0n) is 10.8. The average molecular weight is 263 g/mol. The third-order valence-corrected chi connectivity index (χ3v) is 2.47. The molecule has 1 rings (SSSR count). The molecule has 0 unspecified atom stereocenters. The molecule has 0 fully saturated rings. The average Bonchev–Trinajstić information content (AvgIpc) is 2.41. The maximum absolute atomic E-state index is 12.3. The van der Waals surface area contributed by atoms with E-state index in [4.69, 9.17) is 9.84 Å². The fourth-order valence-corrected chi connectivity index (χ4v) is 1.58. The topological polar surface area (TPSA) is 66.8 Å². The van der Waals surface area contributed by atoms with E-state index in [1.165, 1.54) is 4.90 Å². The fraction of sp³-hybridized carbons (Fsp3) is 0.286. The highest BCUT2D eigenvalue weighted by Crippen LogP contribution is 2.19. The van der Waals surface area contributed by atoms with Crippen LogP contribution in [0.2, 0.25) is 0 Å². The Labute approximate surface area is 112 Å². The number of amides is 1. The van der Waals surface area contributed by atoms with Crippen molar-refractivity contribution in [1.82, 2.24) is 4.90 Å². The predicted octanol–water partition coefficient (Wildman–Crippen LogP) is 1.80. The van der Waals surface area contributed by atoms with E-state index in [1.54, 1.807) is 37.3 Å². The summed E-state index contributed by atoms with van der Waals surface area (Å²) in [6.45, 7) is 5.55. The molecule has 1 amide bonds. The van der Waals surface area contributed by atoms with E-state index in [-0.39, 0.29) is 19.1 Å². The number of benzene rings is 1. The summed E-state index contributed by atoms with van der Waals surface area (Å²) in [4.78, 5) is 24.2. The molecule has 0 bridgehead atoms. The van der Waals surface area contributed by atoms with Gasteiger partial charge in [-0.05, 0) is 19.1 Å². The molecule has 1 aromatic rings. The molecule has 0 atom stereocenters. The van der Waals surface area contributed by atoms with Gasteiger partial charge in [0.2, 0.25) is 0 Å². The molecular formula is C14H17NO4. The molecule has 0 heterocycles. The molecule has 0 saturated heterocycles. The van der Waals surface area contributed by atoms with E-state index in [2.05, 4.69) is 6.58 Å². The van der Waals surface area contributed by atoms with Crippen molar-refractivity contribution in [3.63, 3.8) is 0 Å². The van der Waals surface area contributed by atoms with Crippen LogP contribution in [-0.4, -0.2) is 41.6 Å². The minimum atomic E-state index is -1.04. The normalized spacial score (nSPS) is 9.74. The summed E-state index contributed by atoms with van der Waals surface area (Å²) in [7, 11) is 0. The van der Waals surface area contributed by atoms with Crippen LogP contribution in [0.15, 0.2) is 36.9 Å². The maximum atomic E-state index is 12.3. The van der Waals surface area contributed by atoms with Crippen molar-refractivity contribution in [1.29, 1.82) is 0 Å². The number of rotatable bonds is 7. The summed E-state index contributed by atoms with van der Waals surface area (Å²) >= 11 is 0. The summed E-state index contributed by atoms with van der Waals surface area (Å²) in [6, 6.07) is 6.75. The number of nitrogens with zero attached hydrogens (tertiary/aromatic N) is 1. The van der Waals surface area contributed by atoms with Gasteiger partial charge in [-0.1, -0.05) is 24.8 Å². The molecule has 0 aliphatic heterocycles. The van der Waals surface area contributed by atoms with Gasteiger partial charge in [0.15, 0.2) is 0 Å². The lowest BCUT2D eigenvalue weighted by atomic mass is 10.1. The number of carbonyl (C=O) groups excluding carboxylic acids is 1. The number of carboxylic acids is 1. The Bertz CT molecular complexity index is 470. The van der Waals surface area contributed by atoms with E-state index >= 15 is 0 Å². The lowest BCUT2D eigenvalue weighted by Gasteiger charge is -2.20. The minimum Gasteiger partial charge on any atom is -0.489 e. The maximum Gasteiger partial charge on any atom is 0.323 e. The standard InChI is InChI=1S/C14H17NO4/c1-3-9-19-12-8-6-5-7-11(12)14(18)15(4-2)10-13(16)17/h3,5-8H,1,4,9-10H2,2H3,(H,16,17). The van der Waals surface area contributed by atoms with Gasteiger partial charge in [0.25, 0.3) is 5.91 Å². The summed E-state index contributed by atoms with van der Waals surface area (Å²) in [6.07, 6.45) is 1.58. The Kier molecular flexibility index (Phi) is 5.60. The van der Waals surface area contributed by atoms with Crippen LogP contribution < -0.4 is 4.74 Å². The first-order valence-corrected chi connectivity index (χ1v) is 5.94. The van der Waals surface area contributed by atoms with Gasteiger partial charge in [-0.15, -0.1) is 0 Å². The molecular weight excluding hydrogens is 246 g/mol. The van der Waals surface area contributed by atoms with Crippen LogP contribution in [0.3, 0.4) is 0 Å². The van der Waals surface area contributed by atoms with Crippen molar-refractivity contribution < 1.29 is 19.4 Å². The molecule has 0 saturated carbocycles. The van der Waals surface area contributed by atoms with Gasteiger partial charge in [0.1, 0.15) is 18.9 Å². The molecule has 0 aromatic heterocycles. The van der Waals surface area contributed by atoms with Crippen molar-refractivity contribution in [3.8, 4) is 5.75 Å². The first-order chi connectivity index (χ1) is 9.10. The van der Waals surface area contributed by atoms with E-state index in [0.29, 0.717) is 17.9 Å². The van der Waals surface area contributed by atoms with Gasteiger partial charge in [-0.3, -0.25) is 9.59 Å². The first-order valence-electron chi connectivity index (χ1n) is 5.94. The SMILES string of the molecule is C=CCOc1ccccc1C(=O)N(CC)CC(=O)O. The van der Waals surface area contributed by atoms with Crippen molar-refractivity contribution in [3.05, 3.63) is 42.5 Å². The van der Waals surface area contributed by atoms with Crippen LogP contribution in [0.1, 0.15) is 17.3 Å². The quantitative estimate of drug-likeness (QED) is 0.762. The second kappa shape index (κ2) is 7.20. The smallest absolute Gasteiger partial charge is 0.323 e. The second-order valence-electron chi connectivity index (χ2n) is 3.81. The Morgan fingerprint density at radius 2 is 2.11 bits per heavy atom. The highest BCUT2D eigenvalue weighted by molar-refractivity contribution is 5.98. The van der Waals surface area contributed by atoms with Crippen molar-refractivity contribution in [2.45, 2.75) is 6.92 Å². The highest BCUT2D eigenvalue weighted by atomic mass is 16.5. The number of carboxylic acid groups (broad SMARTS) is 1. The Morgan fingerprint density at radius 1 is 1.42 bits per heavy atom. The predicted molar refractivity (Wildman–Crippen MR) is 71.3 cm³/mol. The zero-order chi connectivity index (χ0) is 14.3. The lowest BCUT2D eigenvalue weighted by Crippen LogP contribution is -2.35. The monoisotopic (exact) mass is 263 g/mol. The van der Waals surface area contributed by atoms with Crippen LogP contribution in [0.5, 0.6) is 5.75 Å². The molecule has 0 spiro atoms. The first kappa shape index (κ1) is 14.8. The van der Waals surface area contributed by atoms with Gasteiger partial charge in [0, 0.05) is 6.54 Å².